The molecule has 0 spiro atoms. The Morgan fingerprint density at radius 3 is 2.50 bits per heavy atom. The molecule has 2 N–H and O–H groups in total. The predicted molar refractivity (Wildman–Crippen MR) is 62.9 cm³/mol. The summed E-state index contributed by atoms with van der Waals surface area (Å²) in [7, 11) is -0.480. The molecular formula is C10H16N2O3S. The second-order valence-electron chi connectivity index (χ2n) is 3.42. The van der Waals surface area contributed by atoms with Crippen molar-refractivity contribution >= 4 is 15.7 Å². The number of sulfonamides is 1. The average Bonchev–Trinajstić information content (AvgIpc) is 2.21. The number of rotatable bonds is 4. The van der Waals surface area contributed by atoms with Crippen LogP contribution in [0.5, 0.6) is 5.75 Å². The van der Waals surface area contributed by atoms with Gasteiger partial charge in [0, 0.05) is 20.2 Å². The van der Waals surface area contributed by atoms with E-state index in [4.69, 9.17) is 10.5 Å². The molecule has 0 aliphatic heterocycles. The second kappa shape index (κ2) is 4.71. The van der Waals surface area contributed by atoms with E-state index in [1.165, 1.54) is 32.3 Å². The Labute approximate surface area is 95.9 Å². The second-order valence-corrected chi connectivity index (χ2v) is 5.57. The first-order valence-corrected chi connectivity index (χ1v) is 6.28. The van der Waals surface area contributed by atoms with Crippen molar-refractivity contribution in [1.82, 2.24) is 4.31 Å². The van der Waals surface area contributed by atoms with Gasteiger partial charge < -0.3 is 10.5 Å². The molecular weight excluding hydrogens is 228 g/mol. The Kier molecular flexibility index (Phi) is 3.77. The lowest BCUT2D eigenvalue weighted by molar-refractivity contribution is 0.341. The molecule has 0 aliphatic carbocycles. The van der Waals surface area contributed by atoms with E-state index in [0.717, 1.165) is 4.31 Å². The van der Waals surface area contributed by atoms with Gasteiger partial charge in [0.2, 0.25) is 10.0 Å². The third-order valence-electron chi connectivity index (χ3n) is 2.06. The summed E-state index contributed by atoms with van der Waals surface area (Å²) in [4.78, 5) is 0.176. The van der Waals surface area contributed by atoms with E-state index >= 15 is 0 Å². The van der Waals surface area contributed by atoms with Crippen LogP contribution in [0.25, 0.3) is 0 Å². The van der Waals surface area contributed by atoms with Gasteiger partial charge in [-0.15, -0.1) is 0 Å². The van der Waals surface area contributed by atoms with Gasteiger partial charge in [0.1, 0.15) is 5.75 Å². The SMILES string of the molecule is CCOc1cc(S(=O)(=O)N(C)C)ccc1N. The van der Waals surface area contributed by atoms with Gasteiger partial charge in [-0.1, -0.05) is 0 Å². The summed E-state index contributed by atoms with van der Waals surface area (Å²) in [6.45, 7) is 2.25. The Balaban J connectivity index is 3.23. The monoisotopic (exact) mass is 244 g/mol. The predicted octanol–water partition coefficient (Wildman–Crippen LogP) is 0.918. The molecule has 1 rings (SSSR count). The minimum Gasteiger partial charge on any atom is -0.492 e. The van der Waals surface area contributed by atoms with Gasteiger partial charge in [0.15, 0.2) is 0 Å². The van der Waals surface area contributed by atoms with Crippen LogP contribution in [0.2, 0.25) is 0 Å². The molecule has 5 nitrogen and oxygen atoms in total. The summed E-state index contributed by atoms with van der Waals surface area (Å²) >= 11 is 0. The van der Waals surface area contributed by atoms with Crippen LogP contribution in [0.1, 0.15) is 6.92 Å². The van der Waals surface area contributed by atoms with Crippen LogP contribution in [0.15, 0.2) is 23.1 Å². The summed E-state index contributed by atoms with van der Waals surface area (Å²) in [5.74, 6) is 0.394. The minimum absolute atomic E-state index is 0.176. The Morgan fingerprint density at radius 1 is 1.38 bits per heavy atom. The fraction of sp³-hybridized carbons (Fsp3) is 0.400. The van der Waals surface area contributed by atoms with Gasteiger partial charge in [0.25, 0.3) is 0 Å². The van der Waals surface area contributed by atoms with E-state index in [9.17, 15) is 8.42 Å². The van der Waals surface area contributed by atoms with E-state index < -0.39 is 10.0 Å². The first kappa shape index (κ1) is 12.8. The van der Waals surface area contributed by atoms with Crippen molar-refractivity contribution in [2.45, 2.75) is 11.8 Å². The molecule has 90 valence electrons. The first-order valence-electron chi connectivity index (χ1n) is 4.84. The van der Waals surface area contributed by atoms with E-state index in [0.29, 0.717) is 18.0 Å². The van der Waals surface area contributed by atoms with Gasteiger partial charge in [-0.25, -0.2) is 12.7 Å². The molecule has 0 saturated carbocycles. The number of nitrogens with two attached hydrogens (primary N) is 1. The van der Waals surface area contributed by atoms with Crippen LogP contribution >= 0.6 is 0 Å². The Bertz CT molecular complexity index is 469. The zero-order valence-corrected chi connectivity index (χ0v) is 10.4. The Hall–Kier alpha value is -1.27. The quantitative estimate of drug-likeness (QED) is 0.799. The lowest BCUT2D eigenvalue weighted by Gasteiger charge is -2.13. The van der Waals surface area contributed by atoms with Crippen LogP contribution < -0.4 is 10.5 Å². The zero-order valence-electron chi connectivity index (χ0n) is 9.60. The first-order chi connectivity index (χ1) is 7.39. The maximum Gasteiger partial charge on any atom is 0.242 e. The summed E-state index contributed by atoms with van der Waals surface area (Å²) in [6, 6.07) is 4.43. The van der Waals surface area contributed by atoms with E-state index in [1.807, 2.05) is 6.92 Å². The third kappa shape index (κ3) is 2.45. The maximum absolute atomic E-state index is 11.8. The molecule has 0 heterocycles. The number of ether oxygens (including phenoxy) is 1. The molecule has 0 bridgehead atoms. The van der Waals surface area contributed by atoms with Gasteiger partial charge in [-0.2, -0.15) is 0 Å². The number of anilines is 1. The number of nitrogens with zero attached hydrogens (tertiary/aromatic N) is 1. The van der Waals surface area contributed by atoms with Crippen LogP contribution in [0.4, 0.5) is 5.69 Å². The summed E-state index contributed by atoms with van der Waals surface area (Å²) in [5, 5.41) is 0. The van der Waals surface area contributed by atoms with Crippen molar-refractivity contribution in [2.75, 3.05) is 26.4 Å². The molecule has 16 heavy (non-hydrogen) atoms. The lowest BCUT2D eigenvalue weighted by Crippen LogP contribution is -2.22. The van der Waals surface area contributed by atoms with Crippen molar-refractivity contribution in [3.63, 3.8) is 0 Å². The molecule has 0 amide bonds. The molecule has 0 atom stereocenters. The van der Waals surface area contributed by atoms with Crippen molar-refractivity contribution in [3.05, 3.63) is 18.2 Å². The lowest BCUT2D eigenvalue weighted by atomic mass is 10.3. The fourth-order valence-corrected chi connectivity index (χ4v) is 2.08. The van der Waals surface area contributed by atoms with E-state index in [2.05, 4.69) is 0 Å². The van der Waals surface area contributed by atoms with Gasteiger partial charge in [0.05, 0.1) is 17.2 Å². The zero-order chi connectivity index (χ0) is 12.3. The fourth-order valence-electron chi connectivity index (χ4n) is 1.17. The smallest absolute Gasteiger partial charge is 0.242 e. The van der Waals surface area contributed by atoms with E-state index in [-0.39, 0.29) is 4.90 Å². The van der Waals surface area contributed by atoms with Crippen molar-refractivity contribution in [3.8, 4) is 5.75 Å². The molecule has 0 radical (unpaired) electrons. The van der Waals surface area contributed by atoms with Gasteiger partial charge in [-0.3, -0.25) is 0 Å². The maximum atomic E-state index is 11.8. The van der Waals surface area contributed by atoms with Gasteiger partial charge >= 0.3 is 0 Å². The van der Waals surface area contributed by atoms with Crippen molar-refractivity contribution in [2.24, 2.45) is 0 Å². The molecule has 0 saturated heterocycles. The number of nitrogen functional groups attached to an aromatic ring is 1. The van der Waals surface area contributed by atoms with Crippen molar-refractivity contribution < 1.29 is 13.2 Å². The highest BCUT2D eigenvalue weighted by atomic mass is 32.2. The standard InChI is InChI=1S/C10H16N2O3S/c1-4-15-10-7-8(5-6-9(10)11)16(13,14)12(2)3/h5-7H,4,11H2,1-3H3. The molecule has 1 aromatic rings. The van der Waals surface area contributed by atoms with Crippen LogP contribution in [0, 0.1) is 0 Å². The highest BCUT2D eigenvalue weighted by molar-refractivity contribution is 7.89. The molecule has 0 aromatic heterocycles. The molecule has 0 fully saturated rings. The Morgan fingerprint density at radius 2 is 2.00 bits per heavy atom. The third-order valence-corrected chi connectivity index (χ3v) is 3.87. The van der Waals surface area contributed by atoms with Crippen LogP contribution in [0.3, 0.4) is 0 Å². The number of benzene rings is 1. The van der Waals surface area contributed by atoms with Crippen LogP contribution in [-0.4, -0.2) is 33.4 Å². The topological polar surface area (TPSA) is 72.6 Å². The van der Waals surface area contributed by atoms with Crippen LogP contribution in [-0.2, 0) is 10.0 Å². The largest absolute Gasteiger partial charge is 0.492 e. The highest BCUT2D eigenvalue weighted by Gasteiger charge is 2.18. The summed E-state index contributed by atoms with van der Waals surface area (Å²) in [5.41, 5.74) is 6.09. The molecule has 6 heteroatoms. The highest BCUT2D eigenvalue weighted by Crippen LogP contribution is 2.26. The number of hydrogen-bond acceptors (Lipinski definition) is 4. The van der Waals surface area contributed by atoms with Gasteiger partial charge in [-0.05, 0) is 19.1 Å². The minimum atomic E-state index is -3.44. The van der Waals surface area contributed by atoms with E-state index in [1.54, 1.807) is 0 Å². The molecule has 0 aliphatic rings. The normalized spacial score (nSPS) is 11.8. The average molecular weight is 244 g/mol. The summed E-state index contributed by atoms with van der Waals surface area (Å²) < 4.78 is 30.0. The van der Waals surface area contributed by atoms with Crippen molar-refractivity contribution in [1.29, 1.82) is 0 Å². The summed E-state index contributed by atoms with van der Waals surface area (Å²) in [6.07, 6.45) is 0. The molecule has 0 unspecified atom stereocenters. The molecule has 1 aromatic carbocycles. The number of hydrogen-bond donors (Lipinski definition) is 1.